The second kappa shape index (κ2) is 55.6. The number of aromatic nitrogens is 1. The highest BCUT2D eigenvalue weighted by Gasteiger charge is 2.50. The van der Waals surface area contributed by atoms with Gasteiger partial charge in [-0.05, 0) is 52.8 Å². The van der Waals surface area contributed by atoms with Crippen molar-refractivity contribution < 1.29 is 47.5 Å². The summed E-state index contributed by atoms with van der Waals surface area (Å²) in [6, 6.07) is 59.2. The predicted molar refractivity (Wildman–Crippen MR) is 441 cm³/mol. The molecule has 0 saturated carbocycles. The van der Waals surface area contributed by atoms with Crippen molar-refractivity contribution in [3.63, 3.8) is 0 Å². The van der Waals surface area contributed by atoms with Crippen LogP contribution in [0.25, 0.3) is 10.9 Å². The van der Waals surface area contributed by atoms with Crippen LogP contribution in [0.15, 0.2) is 188 Å². The molecule has 108 heavy (non-hydrogen) atoms. The molecule has 1 aliphatic rings. The van der Waals surface area contributed by atoms with E-state index in [2.05, 4.69) is 53.7 Å². The van der Waals surface area contributed by atoms with E-state index in [9.17, 15) is 9.59 Å². The van der Waals surface area contributed by atoms with E-state index in [1.54, 1.807) is 12.3 Å². The Morgan fingerprint density at radius 3 is 1.23 bits per heavy atom. The highest BCUT2D eigenvalue weighted by molar-refractivity contribution is 5.98. The van der Waals surface area contributed by atoms with Gasteiger partial charge in [0.15, 0.2) is 6.29 Å². The molecule has 1 fully saturated rings. The van der Waals surface area contributed by atoms with Crippen LogP contribution in [0.4, 0.5) is 10.5 Å². The maximum Gasteiger partial charge on any atom is 0.411 e. The molecule has 7 aromatic rings. The zero-order valence-electron chi connectivity index (χ0n) is 66.2. The van der Waals surface area contributed by atoms with Crippen molar-refractivity contribution in [2.45, 2.75) is 333 Å². The Hall–Kier alpha value is -6.81. The summed E-state index contributed by atoms with van der Waals surface area (Å²) in [5, 5.41) is 7.29. The Labute approximate surface area is 650 Å². The number of unbranched alkanes of at least 4 members (excludes halogenated alkanes) is 33. The van der Waals surface area contributed by atoms with Gasteiger partial charge in [-0.15, -0.1) is 0 Å². The molecule has 13 heteroatoms. The summed E-state index contributed by atoms with van der Waals surface area (Å²) in [4.78, 5) is 33.7. The number of amides is 2. The van der Waals surface area contributed by atoms with Crippen LogP contribution in [-0.4, -0.2) is 79.2 Å². The molecule has 1 aliphatic heterocycles. The van der Waals surface area contributed by atoms with E-state index < -0.39 is 55.0 Å². The molecule has 1 saturated heterocycles. The van der Waals surface area contributed by atoms with E-state index in [-0.39, 0.29) is 45.5 Å². The number of carbonyl (C=O) groups is 2. The number of nitrogens with one attached hydrogen (secondary N) is 2. The molecule has 0 radical (unpaired) electrons. The molecule has 2 heterocycles. The average Bonchev–Trinajstić information content (AvgIpc) is 0.785. The minimum atomic E-state index is -1.16. The summed E-state index contributed by atoms with van der Waals surface area (Å²) in [6.07, 6.45) is 41.0. The SMILES string of the molecule is CCCCCCCCCCCCCCCCCCCCCCCCCC(=O)N[C@@H](CO[C@@H]1O[C@@H](COC(=O)Nc2ccnc3ccccc23)[C@@H](OCc2ccccc2)[C@@H](OCc2ccccc2)[C@@H]1OCc1ccccc1)[C@H](OCc1ccccc1)[C@@H](CCCCCCCCCCCCCC)OCc1ccccc1. The van der Waals surface area contributed by atoms with Crippen molar-refractivity contribution in [3.05, 3.63) is 216 Å². The number of carbonyl (C=O) groups excluding carboxylic acids is 2. The Morgan fingerprint density at radius 2 is 0.778 bits per heavy atom. The largest absolute Gasteiger partial charge is 0.446 e. The molecule has 6 aromatic carbocycles. The molecule has 2 N–H and O–H groups in total. The first-order valence-electron chi connectivity index (χ1n) is 42.6. The summed E-state index contributed by atoms with van der Waals surface area (Å²) < 4.78 is 56.6. The molecule has 590 valence electrons. The van der Waals surface area contributed by atoms with Gasteiger partial charge in [0, 0.05) is 18.0 Å². The third-order valence-corrected chi connectivity index (χ3v) is 21.2. The molecule has 0 unspecified atom stereocenters. The van der Waals surface area contributed by atoms with Gasteiger partial charge in [-0.25, -0.2) is 4.79 Å². The lowest BCUT2D eigenvalue weighted by Crippen LogP contribution is -2.62. The van der Waals surface area contributed by atoms with Gasteiger partial charge < -0.3 is 43.2 Å². The number of hydrogen-bond acceptors (Lipinski definition) is 11. The van der Waals surface area contributed by atoms with Gasteiger partial charge in [0.2, 0.25) is 5.91 Å². The van der Waals surface area contributed by atoms with Crippen LogP contribution < -0.4 is 10.6 Å². The molecule has 0 bridgehead atoms. The second-order valence-electron chi connectivity index (χ2n) is 30.2. The van der Waals surface area contributed by atoms with Crippen LogP contribution in [0.2, 0.25) is 0 Å². The van der Waals surface area contributed by atoms with Crippen molar-refractivity contribution in [2.24, 2.45) is 0 Å². The fourth-order valence-electron chi connectivity index (χ4n) is 14.8. The number of benzene rings is 6. The van der Waals surface area contributed by atoms with Crippen molar-refractivity contribution in [2.75, 3.05) is 18.5 Å². The van der Waals surface area contributed by atoms with Crippen LogP contribution in [0, 0.1) is 0 Å². The van der Waals surface area contributed by atoms with E-state index >= 15 is 0 Å². The topological polar surface area (TPSA) is 145 Å². The van der Waals surface area contributed by atoms with Crippen LogP contribution in [0.5, 0.6) is 0 Å². The summed E-state index contributed by atoms with van der Waals surface area (Å²) in [5.74, 6) is -0.0771. The molecule has 0 aliphatic carbocycles. The van der Waals surface area contributed by atoms with Crippen molar-refractivity contribution >= 4 is 28.6 Å². The first-order chi connectivity index (χ1) is 53.4. The van der Waals surface area contributed by atoms with E-state index in [0.29, 0.717) is 25.1 Å². The summed E-state index contributed by atoms with van der Waals surface area (Å²) in [5.41, 5.74) is 6.15. The van der Waals surface area contributed by atoms with Gasteiger partial charge in [-0.3, -0.25) is 15.1 Å². The number of fused-ring (bicyclic) bond motifs is 1. The lowest BCUT2D eigenvalue weighted by Gasteiger charge is -2.46. The number of rotatable bonds is 61. The fraction of sp³-hybridized carbons (Fsp3) is 0.568. The van der Waals surface area contributed by atoms with E-state index in [4.69, 9.17) is 37.9 Å². The Kier molecular flexibility index (Phi) is 44.6. The minimum Gasteiger partial charge on any atom is -0.446 e. The van der Waals surface area contributed by atoms with E-state index in [1.807, 2.05) is 152 Å². The smallest absolute Gasteiger partial charge is 0.411 e. The van der Waals surface area contributed by atoms with Gasteiger partial charge in [0.05, 0.1) is 63.0 Å². The van der Waals surface area contributed by atoms with Crippen LogP contribution >= 0.6 is 0 Å². The monoisotopic (exact) mass is 1480 g/mol. The molecule has 8 rings (SSSR count). The molecular weight excluding hydrogens is 1340 g/mol. The Bertz CT molecular complexity index is 3350. The van der Waals surface area contributed by atoms with E-state index in [1.165, 1.54) is 186 Å². The summed E-state index contributed by atoms with van der Waals surface area (Å²) >= 11 is 0. The molecule has 2 amide bonds. The number of hydrogen-bond donors (Lipinski definition) is 2. The Morgan fingerprint density at radius 1 is 0.398 bits per heavy atom. The fourth-order valence-corrected chi connectivity index (χ4v) is 14.8. The number of nitrogens with zero attached hydrogens (tertiary/aromatic N) is 1. The summed E-state index contributed by atoms with van der Waals surface area (Å²) in [7, 11) is 0. The lowest BCUT2D eigenvalue weighted by molar-refractivity contribution is -0.328. The van der Waals surface area contributed by atoms with Crippen molar-refractivity contribution in [1.29, 1.82) is 0 Å². The van der Waals surface area contributed by atoms with Crippen LogP contribution in [-0.2, 0) is 75.7 Å². The first kappa shape index (κ1) is 86.8. The quantitative estimate of drug-likeness (QED) is 0.0352. The van der Waals surface area contributed by atoms with Crippen molar-refractivity contribution in [3.8, 4) is 0 Å². The van der Waals surface area contributed by atoms with Crippen LogP contribution in [0.3, 0.4) is 0 Å². The third-order valence-electron chi connectivity index (χ3n) is 21.2. The number of pyridine rings is 1. The molecule has 13 nitrogen and oxygen atoms in total. The summed E-state index contributed by atoms with van der Waals surface area (Å²) in [6.45, 7) is 5.48. The van der Waals surface area contributed by atoms with E-state index in [0.717, 1.165) is 77.2 Å². The van der Waals surface area contributed by atoms with Gasteiger partial charge in [0.1, 0.15) is 37.1 Å². The van der Waals surface area contributed by atoms with Gasteiger partial charge in [-0.1, -0.05) is 402 Å². The number of para-hydroxylation sites is 1. The average molecular weight is 1480 g/mol. The Balaban J connectivity index is 1.01. The lowest BCUT2D eigenvalue weighted by atomic mass is 9.97. The normalized spacial score (nSPS) is 16.6. The third kappa shape index (κ3) is 35.5. The zero-order valence-corrected chi connectivity index (χ0v) is 66.2. The predicted octanol–water partition coefficient (Wildman–Crippen LogP) is 24.4. The molecule has 8 atom stereocenters. The first-order valence-corrected chi connectivity index (χ1v) is 42.6. The highest BCUT2D eigenvalue weighted by Crippen LogP contribution is 2.34. The number of ether oxygens (including phenoxy) is 8. The molecule has 1 aromatic heterocycles. The maximum atomic E-state index is 15.0. The maximum absolute atomic E-state index is 15.0. The standard InChI is InChI=1S/C95H135N3O10/c1-3-5-7-9-11-13-15-17-18-19-20-21-22-23-24-25-26-27-29-31-33-35-52-68-89(99)97-86(90(102-72-79-57-43-37-44-58-79)87(101-71-78-55-41-36-42-56-78)67-51-34-32-30-28-16-14-12-10-8-6-4-2)76-106-94-93(105-75-82-63-49-40-50-64-82)92(104-74-81-61-47-39-48-62-81)91(103-73-80-59-45-38-46-60-80)88(108-94)77-107-95(100)98-85-69-70-96-84-66-54-53-65-83(84)85/h36-50,53-66,69-70,86-88,90-94H,3-35,51-52,67-68,71-77H2,1-2H3,(H,97,99)(H,96,98,100)/t86-,87+,88-,90-,91+,92+,93-,94+/m0/s1. The molecular formula is C95H135N3O10. The second-order valence-corrected chi connectivity index (χ2v) is 30.2. The van der Waals surface area contributed by atoms with Gasteiger partial charge in [-0.2, -0.15) is 0 Å². The molecule has 0 spiro atoms. The van der Waals surface area contributed by atoms with Gasteiger partial charge in [0.25, 0.3) is 0 Å². The highest BCUT2D eigenvalue weighted by atomic mass is 16.7. The number of anilines is 1. The van der Waals surface area contributed by atoms with Crippen molar-refractivity contribution in [1.82, 2.24) is 10.3 Å². The van der Waals surface area contributed by atoms with Crippen LogP contribution in [0.1, 0.15) is 279 Å². The van der Waals surface area contributed by atoms with Gasteiger partial charge >= 0.3 is 6.09 Å². The zero-order chi connectivity index (χ0) is 75.2. The minimum absolute atomic E-state index is 0.0613.